The van der Waals surface area contributed by atoms with Crippen LogP contribution in [-0.2, 0) is 16.0 Å². The van der Waals surface area contributed by atoms with E-state index in [1.165, 1.54) is 7.11 Å². The van der Waals surface area contributed by atoms with Crippen molar-refractivity contribution in [3.8, 4) is 0 Å². The van der Waals surface area contributed by atoms with Crippen LogP contribution in [0.3, 0.4) is 0 Å². The van der Waals surface area contributed by atoms with Crippen LogP contribution in [0.25, 0.3) is 0 Å². The Labute approximate surface area is 138 Å². The Morgan fingerprint density at radius 3 is 2.33 bits per heavy atom. The predicted octanol–water partition coefficient (Wildman–Crippen LogP) is 2.79. The van der Waals surface area contributed by atoms with Crippen LogP contribution < -0.4 is 5.32 Å². The van der Waals surface area contributed by atoms with E-state index in [9.17, 15) is 18.4 Å². The van der Waals surface area contributed by atoms with E-state index in [0.29, 0.717) is 0 Å². The average molecular weight is 333 g/mol. The van der Waals surface area contributed by atoms with Crippen molar-refractivity contribution in [2.45, 2.75) is 19.4 Å². The molecule has 0 radical (unpaired) electrons. The number of nitrogens with one attached hydrogen (secondary N) is 1. The lowest BCUT2D eigenvalue weighted by Gasteiger charge is -2.17. The van der Waals surface area contributed by atoms with Gasteiger partial charge in [0.2, 0.25) is 0 Å². The molecule has 0 saturated carbocycles. The van der Waals surface area contributed by atoms with Gasteiger partial charge < -0.3 is 10.1 Å². The summed E-state index contributed by atoms with van der Waals surface area (Å²) in [5.41, 5.74) is 1.83. The molecule has 0 saturated heterocycles. The quantitative estimate of drug-likeness (QED) is 0.856. The highest BCUT2D eigenvalue weighted by Crippen LogP contribution is 2.11. The molecule has 2 aromatic rings. The van der Waals surface area contributed by atoms with Crippen LogP contribution in [0, 0.1) is 18.6 Å². The Morgan fingerprint density at radius 1 is 1.08 bits per heavy atom. The van der Waals surface area contributed by atoms with Crippen LogP contribution in [0.1, 0.15) is 21.5 Å². The van der Waals surface area contributed by atoms with Crippen molar-refractivity contribution in [3.63, 3.8) is 0 Å². The van der Waals surface area contributed by atoms with Gasteiger partial charge in [0, 0.05) is 12.0 Å². The van der Waals surface area contributed by atoms with Gasteiger partial charge in [-0.25, -0.2) is 13.6 Å². The topological polar surface area (TPSA) is 55.4 Å². The van der Waals surface area contributed by atoms with E-state index >= 15 is 0 Å². The summed E-state index contributed by atoms with van der Waals surface area (Å²) in [6, 6.07) is 9.32. The maximum absolute atomic E-state index is 13.2. The third-order valence-electron chi connectivity index (χ3n) is 3.53. The summed E-state index contributed by atoms with van der Waals surface area (Å²) in [5, 5.41) is 2.49. The molecule has 0 aromatic heterocycles. The Bertz CT molecular complexity index is 744. The number of carbonyl (C=O) groups is 2. The van der Waals surface area contributed by atoms with Gasteiger partial charge in [0.05, 0.1) is 7.11 Å². The summed E-state index contributed by atoms with van der Waals surface area (Å²) in [4.78, 5) is 24.1. The summed E-state index contributed by atoms with van der Waals surface area (Å²) < 4.78 is 30.9. The molecule has 24 heavy (non-hydrogen) atoms. The normalized spacial score (nSPS) is 11.7. The third-order valence-corrected chi connectivity index (χ3v) is 3.53. The summed E-state index contributed by atoms with van der Waals surface area (Å²) in [6.07, 6.45) is 0.225. The maximum atomic E-state index is 13.2. The van der Waals surface area contributed by atoms with Gasteiger partial charge in [-0.2, -0.15) is 0 Å². The second kappa shape index (κ2) is 7.68. The summed E-state index contributed by atoms with van der Waals surface area (Å²) in [6.45, 7) is 1.94. The minimum Gasteiger partial charge on any atom is -0.467 e. The average Bonchev–Trinajstić information content (AvgIpc) is 2.57. The van der Waals surface area contributed by atoms with E-state index in [-0.39, 0.29) is 12.0 Å². The van der Waals surface area contributed by atoms with Gasteiger partial charge in [0.15, 0.2) is 11.6 Å². The van der Waals surface area contributed by atoms with Crippen molar-refractivity contribution < 1.29 is 23.1 Å². The van der Waals surface area contributed by atoms with Gasteiger partial charge in [-0.05, 0) is 30.7 Å². The lowest BCUT2D eigenvalue weighted by atomic mass is 10.0. The number of rotatable bonds is 5. The van der Waals surface area contributed by atoms with E-state index < -0.39 is 29.6 Å². The Kier molecular flexibility index (Phi) is 5.63. The monoisotopic (exact) mass is 333 g/mol. The van der Waals surface area contributed by atoms with Crippen molar-refractivity contribution in [2.24, 2.45) is 0 Å². The molecule has 2 rings (SSSR count). The van der Waals surface area contributed by atoms with Crippen LogP contribution in [0.15, 0.2) is 42.5 Å². The number of esters is 1. The number of aryl methyl sites for hydroxylation is 1. The zero-order valence-corrected chi connectivity index (χ0v) is 13.3. The van der Waals surface area contributed by atoms with Crippen molar-refractivity contribution >= 4 is 11.9 Å². The molecule has 0 bridgehead atoms. The number of amides is 1. The number of ether oxygens (including phenoxy) is 1. The van der Waals surface area contributed by atoms with Gasteiger partial charge in [-0.15, -0.1) is 0 Å². The van der Waals surface area contributed by atoms with Gasteiger partial charge in [0.25, 0.3) is 5.91 Å². The number of benzene rings is 2. The molecule has 0 aliphatic rings. The molecule has 1 amide bonds. The lowest BCUT2D eigenvalue weighted by Crippen LogP contribution is -2.43. The van der Waals surface area contributed by atoms with E-state index in [4.69, 9.17) is 4.74 Å². The van der Waals surface area contributed by atoms with Crippen molar-refractivity contribution in [1.82, 2.24) is 5.32 Å². The first-order valence-electron chi connectivity index (χ1n) is 7.30. The van der Waals surface area contributed by atoms with Crippen molar-refractivity contribution in [3.05, 3.63) is 70.8 Å². The minimum atomic E-state index is -1.13. The molecule has 6 heteroatoms. The first kappa shape index (κ1) is 17.6. The largest absolute Gasteiger partial charge is 0.467 e. The number of hydrogen-bond acceptors (Lipinski definition) is 3. The zero-order chi connectivity index (χ0) is 17.7. The summed E-state index contributed by atoms with van der Waals surface area (Å²) >= 11 is 0. The SMILES string of the molecule is COC(=O)[C@@H](Cc1ccc(C)cc1)NC(=O)c1ccc(F)c(F)c1. The van der Waals surface area contributed by atoms with E-state index in [1.807, 2.05) is 31.2 Å². The zero-order valence-electron chi connectivity index (χ0n) is 13.3. The van der Waals surface area contributed by atoms with E-state index in [2.05, 4.69) is 5.32 Å². The highest BCUT2D eigenvalue weighted by Gasteiger charge is 2.23. The second-order valence-electron chi connectivity index (χ2n) is 5.37. The molecule has 1 atom stereocenters. The third kappa shape index (κ3) is 4.38. The Hall–Kier alpha value is -2.76. The molecule has 0 unspecified atom stereocenters. The smallest absolute Gasteiger partial charge is 0.328 e. The number of halogens is 2. The van der Waals surface area contributed by atoms with E-state index in [1.54, 1.807) is 0 Å². The molecular weight excluding hydrogens is 316 g/mol. The highest BCUT2D eigenvalue weighted by molar-refractivity contribution is 5.96. The van der Waals surface area contributed by atoms with Crippen LogP contribution in [0.4, 0.5) is 8.78 Å². The van der Waals surface area contributed by atoms with Gasteiger partial charge >= 0.3 is 5.97 Å². The van der Waals surface area contributed by atoms with Crippen molar-refractivity contribution in [2.75, 3.05) is 7.11 Å². The first-order chi connectivity index (χ1) is 11.4. The summed E-state index contributed by atoms with van der Waals surface area (Å²) in [7, 11) is 1.22. The molecule has 2 aromatic carbocycles. The van der Waals surface area contributed by atoms with Gasteiger partial charge in [0.1, 0.15) is 6.04 Å². The lowest BCUT2D eigenvalue weighted by molar-refractivity contribution is -0.142. The molecule has 1 N–H and O–H groups in total. The van der Waals surface area contributed by atoms with Crippen molar-refractivity contribution in [1.29, 1.82) is 0 Å². The van der Waals surface area contributed by atoms with Crippen LogP contribution in [0.5, 0.6) is 0 Å². The van der Waals surface area contributed by atoms with Gasteiger partial charge in [-0.1, -0.05) is 29.8 Å². The number of methoxy groups -OCH3 is 1. The number of carbonyl (C=O) groups excluding carboxylic acids is 2. The fourth-order valence-electron chi connectivity index (χ4n) is 2.17. The van der Waals surface area contributed by atoms with Crippen LogP contribution >= 0.6 is 0 Å². The van der Waals surface area contributed by atoms with Crippen LogP contribution in [0.2, 0.25) is 0 Å². The fraction of sp³-hybridized carbons (Fsp3) is 0.222. The molecule has 0 heterocycles. The molecule has 126 valence electrons. The molecule has 0 fully saturated rings. The Morgan fingerprint density at radius 2 is 1.75 bits per heavy atom. The van der Waals surface area contributed by atoms with Crippen LogP contribution in [-0.4, -0.2) is 25.0 Å². The summed E-state index contributed by atoms with van der Waals surface area (Å²) in [5.74, 6) is -3.48. The molecule has 0 aliphatic heterocycles. The first-order valence-corrected chi connectivity index (χ1v) is 7.30. The highest BCUT2D eigenvalue weighted by atomic mass is 19.2. The fourth-order valence-corrected chi connectivity index (χ4v) is 2.17. The second-order valence-corrected chi connectivity index (χ2v) is 5.37. The number of hydrogen-bond donors (Lipinski definition) is 1. The predicted molar refractivity (Wildman–Crippen MR) is 84.5 cm³/mol. The Balaban J connectivity index is 2.15. The molecule has 0 aliphatic carbocycles. The molecule has 0 spiro atoms. The standard InChI is InChI=1S/C18H17F2NO3/c1-11-3-5-12(6-4-11)9-16(18(23)24-2)21-17(22)13-7-8-14(19)15(20)10-13/h3-8,10,16H,9H2,1-2H3,(H,21,22)/t16-/m1/s1. The van der Waals surface area contributed by atoms with E-state index in [0.717, 1.165) is 29.3 Å². The maximum Gasteiger partial charge on any atom is 0.328 e. The molecule has 4 nitrogen and oxygen atoms in total. The van der Waals surface area contributed by atoms with Gasteiger partial charge in [-0.3, -0.25) is 4.79 Å². The molecular formula is C18H17F2NO3. The minimum absolute atomic E-state index is 0.0771.